The van der Waals surface area contributed by atoms with Gasteiger partial charge in [-0.15, -0.1) is 12.4 Å². The first kappa shape index (κ1) is 21.5. The van der Waals surface area contributed by atoms with E-state index in [1.54, 1.807) is 6.07 Å². The molecule has 2 amide bonds. The van der Waals surface area contributed by atoms with Gasteiger partial charge >= 0.3 is 0 Å². The van der Waals surface area contributed by atoms with Crippen LogP contribution in [0, 0.1) is 18.8 Å². The van der Waals surface area contributed by atoms with Gasteiger partial charge < -0.3 is 16.0 Å². The topological polar surface area (TPSA) is 70.2 Å². The lowest BCUT2D eigenvalue weighted by atomic mass is 9.94. The molecule has 0 spiro atoms. The third-order valence-corrected chi connectivity index (χ3v) is 4.50. The predicted molar refractivity (Wildman–Crippen MR) is 104 cm³/mol. The molecule has 0 aliphatic carbocycles. The smallest absolute Gasteiger partial charge is 0.251 e. The van der Waals surface area contributed by atoms with E-state index in [0.717, 1.165) is 30.8 Å². The predicted octanol–water partition coefficient (Wildman–Crippen LogP) is 3.13. The number of halogens is 1. The summed E-state index contributed by atoms with van der Waals surface area (Å²) in [5.74, 6) is 0.749. The number of amides is 2. The SMILES string of the molecule is Cc1cc(C(=O)NC2CNCCC2C)ccc1NC(=O)CC(C)C.Cl. The van der Waals surface area contributed by atoms with E-state index in [4.69, 9.17) is 0 Å². The molecule has 1 aromatic carbocycles. The maximum Gasteiger partial charge on any atom is 0.251 e. The quantitative estimate of drug-likeness (QED) is 0.748. The number of hydrogen-bond donors (Lipinski definition) is 3. The fraction of sp³-hybridized carbons (Fsp3) is 0.579. The van der Waals surface area contributed by atoms with E-state index in [-0.39, 0.29) is 30.3 Å². The van der Waals surface area contributed by atoms with Gasteiger partial charge in [-0.3, -0.25) is 9.59 Å². The van der Waals surface area contributed by atoms with Crippen LogP contribution in [0.1, 0.15) is 49.5 Å². The van der Waals surface area contributed by atoms with Crippen LogP contribution in [-0.2, 0) is 4.79 Å². The number of nitrogens with one attached hydrogen (secondary N) is 3. The number of anilines is 1. The van der Waals surface area contributed by atoms with Gasteiger partial charge in [0.15, 0.2) is 0 Å². The molecule has 0 bridgehead atoms. The number of rotatable bonds is 5. The molecule has 1 aliphatic rings. The van der Waals surface area contributed by atoms with Gasteiger partial charge in [-0.05, 0) is 55.5 Å². The summed E-state index contributed by atoms with van der Waals surface area (Å²) >= 11 is 0. The molecular weight excluding hydrogens is 338 g/mol. The van der Waals surface area contributed by atoms with Crippen molar-refractivity contribution in [2.24, 2.45) is 11.8 Å². The van der Waals surface area contributed by atoms with E-state index < -0.39 is 0 Å². The van der Waals surface area contributed by atoms with E-state index in [1.807, 2.05) is 32.9 Å². The second kappa shape index (κ2) is 9.78. The Morgan fingerprint density at radius 2 is 2.04 bits per heavy atom. The Kier molecular flexibility index (Phi) is 8.39. The fourth-order valence-corrected chi connectivity index (χ4v) is 2.95. The van der Waals surface area contributed by atoms with Crippen molar-refractivity contribution in [1.29, 1.82) is 0 Å². The summed E-state index contributed by atoms with van der Waals surface area (Å²) in [5.41, 5.74) is 2.30. The molecule has 2 unspecified atom stereocenters. The molecule has 0 aromatic heterocycles. The van der Waals surface area contributed by atoms with Crippen molar-refractivity contribution < 1.29 is 9.59 Å². The first-order valence-electron chi connectivity index (χ1n) is 8.79. The van der Waals surface area contributed by atoms with E-state index in [9.17, 15) is 9.59 Å². The van der Waals surface area contributed by atoms with Gasteiger partial charge in [0.1, 0.15) is 0 Å². The van der Waals surface area contributed by atoms with E-state index in [2.05, 4.69) is 22.9 Å². The second-order valence-electron chi connectivity index (χ2n) is 7.23. The Bertz CT molecular complexity index is 604. The molecule has 5 nitrogen and oxygen atoms in total. The van der Waals surface area contributed by atoms with Crippen LogP contribution in [0.5, 0.6) is 0 Å². The summed E-state index contributed by atoms with van der Waals surface area (Å²) in [4.78, 5) is 24.4. The van der Waals surface area contributed by atoms with Gasteiger partial charge in [-0.2, -0.15) is 0 Å². The molecule has 1 aliphatic heterocycles. The number of piperidine rings is 1. The minimum atomic E-state index is -0.0568. The van der Waals surface area contributed by atoms with Crippen LogP contribution in [0.4, 0.5) is 5.69 Å². The molecule has 0 saturated carbocycles. The Morgan fingerprint density at radius 1 is 1.32 bits per heavy atom. The third-order valence-electron chi connectivity index (χ3n) is 4.50. The lowest BCUT2D eigenvalue weighted by Crippen LogP contribution is -2.50. The number of carbonyl (C=O) groups excluding carboxylic acids is 2. The number of carbonyl (C=O) groups is 2. The first-order valence-corrected chi connectivity index (χ1v) is 8.79. The van der Waals surface area contributed by atoms with E-state index in [1.165, 1.54) is 0 Å². The molecule has 2 rings (SSSR count). The maximum atomic E-state index is 12.5. The summed E-state index contributed by atoms with van der Waals surface area (Å²) in [6.45, 7) is 9.94. The molecule has 140 valence electrons. The molecular formula is C19H30ClN3O2. The minimum absolute atomic E-state index is 0. The van der Waals surface area contributed by atoms with Crippen molar-refractivity contribution in [2.75, 3.05) is 18.4 Å². The standard InChI is InChI=1S/C19H29N3O2.ClH/c1-12(2)9-18(23)21-16-6-5-15(10-14(16)4)19(24)22-17-11-20-8-7-13(17)3;/h5-6,10,12-13,17,20H,7-9,11H2,1-4H3,(H,21,23)(H,22,24);1H. The molecule has 25 heavy (non-hydrogen) atoms. The van der Waals surface area contributed by atoms with Crippen LogP contribution in [0.3, 0.4) is 0 Å². The molecule has 1 saturated heterocycles. The first-order chi connectivity index (χ1) is 11.4. The van der Waals surface area contributed by atoms with Gasteiger partial charge in [0.25, 0.3) is 5.91 Å². The minimum Gasteiger partial charge on any atom is -0.348 e. The zero-order valence-corrected chi connectivity index (χ0v) is 16.3. The highest BCUT2D eigenvalue weighted by atomic mass is 35.5. The highest BCUT2D eigenvalue weighted by molar-refractivity contribution is 5.96. The van der Waals surface area contributed by atoms with Gasteiger partial charge in [0.2, 0.25) is 5.91 Å². The summed E-state index contributed by atoms with van der Waals surface area (Å²) in [5, 5.41) is 9.34. The van der Waals surface area contributed by atoms with Crippen molar-refractivity contribution >= 4 is 29.9 Å². The van der Waals surface area contributed by atoms with Crippen LogP contribution in [0.2, 0.25) is 0 Å². The highest BCUT2D eigenvalue weighted by Crippen LogP contribution is 2.18. The summed E-state index contributed by atoms with van der Waals surface area (Å²) in [6.07, 6.45) is 1.57. The highest BCUT2D eigenvalue weighted by Gasteiger charge is 2.23. The average molecular weight is 368 g/mol. The van der Waals surface area contributed by atoms with E-state index >= 15 is 0 Å². The molecule has 2 atom stereocenters. The maximum absolute atomic E-state index is 12.5. The summed E-state index contributed by atoms with van der Waals surface area (Å²) in [6, 6.07) is 5.58. The van der Waals surface area contributed by atoms with Crippen molar-refractivity contribution in [3.8, 4) is 0 Å². The van der Waals surface area contributed by atoms with Gasteiger partial charge in [-0.1, -0.05) is 20.8 Å². The largest absolute Gasteiger partial charge is 0.348 e. The average Bonchev–Trinajstić information content (AvgIpc) is 2.50. The van der Waals surface area contributed by atoms with Crippen molar-refractivity contribution in [1.82, 2.24) is 10.6 Å². The Balaban J connectivity index is 0.00000312. The van der Waals surface area contributed by atoms with Crippen molar-refractivity contribution in [3.05, 3.63) is 29.3 Å². The Morgan fingerprint density at radius 3 is 2.64 bits per heavy atom. The van der Waals surface area contributed by atoms with Crippen LogP contribution in [0.25, 0.3) is 0 Å². The second-order valence-corrected chi connectivity index (χ2v) is 7.23. The number of aryl methyl sites for hydroxylation is 1. The van der Waals surface area contributed by atoms with E-state index in [0.29, 0.717) is 23.8 Å². The summed E-state index contributed by atoms with van der Waals surface area (Å²) in [7, 11) is 0. The molecule has 3 N–H and O–H groups in total. The van der Waals surface area contributed by atoms with Crippen molar-refractivity contribution in [3.63, 3.8) is 0 Å². The number of benzene rings is 1. The number of hydrogen-bond acceptors (Lipinski definition) is 3. The fourth-order valence-electron chi connectivity index (χ4n) is 2.95. The van der Waals surface area contributed by atoms with Crippen LogP contribution >= 0.6 is 12.4 Å². The van der Waals surface area contributed by atoms with Gasteiger partial charge in [-0.25, -0.2) is 0 Å². The zero-order chi connectivity index (χ0) is 17.7. The summed E-state index contributed by atoms with van der Waals surface area (Å²) < 4.78 is 0. The lowest BCUT2D eigenvalue weighted by Gasteiger charge is -2.30. The molecule has 0 radical (unpaired) electrons. The molecule has 6 heteroatoms. The zero-order valence-electron chi connectivity index (χ0n) is 15.5. The molecule has 1 aromatic rings. The van der Waals surface area contributed by atoms with Crippen LogP contribution < -0.4 is 16.0 Å². The Hall–Kier alpha value is -1.59. The van der Waals surface area contributed by atoms with Gasteiger partial charge in [0, 0.05) is 30.3 Å². The Labute approximate surface area is 156 Å². The van der Waals surface area contributed by atoms with Crippen LogP contribution in [-0.4, -0.2) is 30.9 Å². The van der Waals surface area contributed by atoms with Crippen molar-refractivity contribution in [2.45, 2.75) is 46.6 Å². The van der Waals surface area contributed by atoms with Gasteiger partial charge in [0.05, 0.1) is 0 Å². The lowest BCUT2D eigenvalue weighted by molar-refractivity contribution is -0.116. The molecule has 1 heterocycles. The van der Waals surface area contributed by atoms with Crippen LogP contribution in [0.15, 0.2) is 18.2 Å². The monoisotopic (exact) mass is 367 g/mol. The molecule has 1 fully saturated rings. The normalized spacial score (nSPS) is 19.9. The third kappa shape index (κ3) is 6.33.